The first-order chi connectivity index (χ1) is 12.3. The van der Waals surface area contributed by atoms with Crippen LogP contribution in [-0.2, 0) is 0 Å². The molecule has 1 fully saturated rings. The number of amides is 1. The number of nitrogens with zero attached hydrogens (tertiary/aromatic N) is 5. The summed E-state index contributed by atoms with van der Waals surface area (Å²) in [6.07, 6.45) is 11.6. The average Bonchev–Trinajstić information content (AvgIpc) is 3.16. The Bertz CT molecular complexity index is 891. The van der Waals surface area contributed by atoms with E-state index in [1.807, 2.05) is 40.9 Å². The first-order valence-electron chi connectivity index (χ1n) is 8.50. The maximum atomic E-state index is 12.9. The quantitative estimate of drug-likeness (QED) is 0.795. The molecule has 7 nitrogen and oxygen atoms in total. The highest BCUT2D eigenvalue weighted by molar-refractivity contribution is 5.92. The van der Waals surface area contributed by atoms with Gasteiger partial charge in [-0.1, -0.05) is 0 Å². The van der Waals surface area contributed by atoms with Gasteiger partial charge in [0.25, 0.3) is 5.91 Å². The van der Waals surface area contributed by atoms with Crippen molar-refractivity contribution in [3.8, 4) is 0 Å². The molecule has 1 N–H and O–H groups in total. The van der Waals surface area contributed by atoms with Gasteiger partial charge in [0, 0.05) is 38.4 Å². The van der Waals surface area contributed by atoms with Crippen LogP contribution in [-0.4, -0.2) is 43.8 Å². The fraction of sp³-hybridized carbons (Fsp3) is 0.333. The highest BCUT2D eigenvalue weighted by Gasteiger charge is 2.31. The summed E-state index contributed by atoms with van der Waals surface area (Å²) in [7, 11) is 1.86. The fourth-order valence-corrected chi connectivity index (χ4v) is 3.45. The number of aromatic nitrogens is 4. The Labute approximate surface area is 145 Å². The number of likely N-dealkylation sites (tertiary alicyclic amines) is 1. The maximum Gasteiger partial charge on any atom is 0.274 e. The molecule has 4 heterocycles. The third-order valence-electron chi connectivity index (χ3n) is 4.66. The van der Waals surface area contributed by atoms with Crippen molar-refractivity contribution in [2.24, 2.45) is 0 Å². The van der Waals surface area contributed by atoms with Crippen molar-refractivity contribution < 1.29 is 4.79 Å². The number of rotatable bonds is 3. The van der Waals surface area contributed by atoms with Crippen molar-refractivity contribution in [1.29, 1.82) is 0 Å². The van der Waals surface area contributed by atoms with Crippen LogP contribution in [0.15, 0.2) is 43.1 Å². The van der Waals surface area contributed by atoms with Gasteiger partial charge in [-0.3, -0.25) is 9.78 Å². The van der Waals surface area contributed by atoms with Crippen LogP contribution in [0, 0.1) is 0 Å². The zero-order valence-electron chi connectivity index (χ0n) is 14.1. The Morgan fingerprint density at radius 3 is 3.04 bits per heavy atom. The lowest BCUT2D eigenvalue weighted by atomic mass is 9.99. The van der Waals surface area contributed by atoms with Crippen molar-refractivity contribution in [3.63, 3.8) is 0 Å². The van der Waals surface area contributed by atoms with Crippen LogP contribution in [0.4, 0.5) is 5.82 Å². The Hall–Kier alpha value is -2.96. The molecule has 1 aliphatic rings. The summed E-state index contributed by atoms with van der Waals surface area (Å²) in [4.78, 5) is 27.8. The molecule has 0 aliphatic carbocycles. The van der Waals surface area contributed by atoms with E-state index in [1.54, 1.807) is 12.4 Å². The lowest BCUT2D eigenvalue weighted by molar-refractivity contribution is 0.0599. The Morgan fingerprint density at radius 1 is 1.32 bits per heavy atom. The SMILES string of the molecule is CNc1nc(C2CCCCN2C(=O)c2cnccn2)cn2cccc12. The number of piperidine rings is 1. The lowest BCUT2D eigenvalue weighted by Gasteiger charge is -2.35. The van der Waals surface area contributed by atoms with E-state index in [2.05, 4.69) is 15.3 Å². The summed E-state index contributed by atoms with van der Waals surface area (Å²) in [5.74, 6) is 0.734. The van der Waals surface area contributed by atoms with Gasteiger partial charge in [0.15, 0.2) is 0 Å². The fourth-order valence-electron chi connectivity index (χ4n) is 3.45. The summed E-state index contributed by atoms with van der Waals surface area (Å²) in [6.45, 7) is 0.709. The molecule has 1 saturated heterocycles. The summed E-state index contributed by atoms with van der Waals surface area (Å²) >= 11 is 0. The lowest BCUT2D eigenvalue weighted by Crippen LogP contribution is -2.39. The van der Waals surface area contributed by atoms with Crippen molar-refractivity contribution >= 4 is 17.2 Å². The van der Waals surface area contributed by atoms with Crippen LogP contribution in [0.5, 0.6) is 0 Å². The van der Waals surface area contributed by atoms with Gasteiger partial charge in [0.1, 0.15) is 11.5 Å². The number of fused-ring (bicyclic) bond motifs is 1. The smallest absolute Gasteiger partial charge is 0.274 e. The molecule has 0 spiro atoms. The van der Waals surface area contributed by atoms with Gasteiger partial charge in [-0.05, 0) is 31.4 Å². The normalized spacial score (nSPS) is 17.6. The summed E-state index contributed by atoms with van der Waals surface area (Å²) in [5, 5.41) is 3.15. The van der Waals surface area contributed by atoms with Crippen molar-refractivity contribution in [1.82, 2.24) is 24.3 Å². The average molecular weight is 336 g/mol. The summed E-state index contributed by atoms with van der Waals surface area (Å²) < 4.78 is 2.05. The molecule has 0 aromatic carbocycles. The molecule has 3 aromatic rings. The van der Waals surface area contributed by atoms with Crippen LogP contribution >= 0.6 is 0 Å². The van der Waals surface area contributed by atoms with Crippen molar-refractivity contribution in [3.05, 3.63) is 54.5 Å². The van der Waals surface area contributed by atoms with Gasteiger partial charge in [-0.2, -0.15) is 0 Å². The number of nitrogens with one attached hydrogen (secondary N) is 1. The van der Waals surface area contributed by atoms with E-state index in [-0.39, 0.29) is 11.9 Å². The highest BCUT2D eigenvalue weighted by atomic mass is 16.2. The minimum Gasteiger partial charge on any atom is -0.371 e. The van der Waals surface area contributed by atoms with Gasteiger partial charge >= 0.3 is 0 Å². The third-order valence-corrected chi connectivity index (χ3v) is 4.66. The Morgan fingerprint density at radius 2 is 2.24 bits per heavy atom. The van der Waals surface area contributed by atoms with Crippen LogP contribution in [0.3, 0.4) is 0 Å². The molecule has 7 heteroatoms. The third kappa shape index (κ3) is 2.82. The van der Waals surface area contributed by atoms with Gasteiger partial charge < -0.3 is 14.6 Å². The molecule has 0 radical (unpaired) electrons. The molecule has 0 saturated carbocycles. The maximum absolute atomic E-state index is 12.9. The van der Waals surface area contributed by atoms with E-state index in [0.29, 0.717) is 12.2 Å². The van der Waals surface area contributed by atoms with E-state index in [9.17, 15) is 4.79 Å². The number of carbonyl (C=O) groups excluding carboxylic acids is 1. The molecule has 1 amide bonds. The second kappa shape index (κ2) is 6.51. The molecule has 1 atom stereocenters. The highest BCUT2D eigenvalue weighted by Crippen LogP contribution is 2.32. The molecular weight excluding hydrogens is 316 g/mol. The van der Waals surface area contributed by atoms with E-state index in [4.69, 9.17) is 4.98 Å². The zero-order chi connectivity index (χ0) is 17.2. The first kappa shape index (κ1) is 15.6. The van der Waals surface area contributed by atoms with Crippen molar-refractivity contribution in [2.75, 3.05) is 18.9 Å². The number of hydrogen-bond acceptors (Lipinski definition) is 5. The second-order valence-electron chi connectivity index (χ2n) is 6.17. The van der Waals surface area contributed by atoms with Crippen LogP contribution < -0.4 is 5.32 Å². The standard InChI is InChI=1S/C18H20N6O/c1-19-17-16-6-4-9-23(16)12-14(22-17)15-5-2-3-10-24(15)18(25)13-11-20-7-8-21-13/h4,6-9,11-12,15H,2-3,5,10H2,1H3,(H,19,22). The molecule has 1 unspecified atom stereocenters. The Kier molecular flexibility index (Phi) is 4.05. The topological polar surface area (TPSA) is 75.4 Å². The largest absolute Gasteiger partial charge is 0.371 e. The van der Waals surface area contributed by atoms with Crippen molar-refractivity contribution in [2.45, 2.75) is 25.3 Å². The molecule has 3 aromatic heterocycles. The van der Waals surface area contributed by atoms with E-state index >= 15 is 0 Å². The molecule has 1 aliphatic heterocycles. The Balaban J connectivity index is 1.73. The minimum atomic E-state index is -0.0850. The molecular formula is C18H20N6O. The number of carbonyl (C=O) groups is 1. The monoisotopic (exact) mass is 336 g/mol. The predicted octanol–water partition coefficient (Wildman–Crippen LogP) is 2.53. The van der Waals surface area contributed by atoms with E-state index in [0.717, 1.165) is 36.3 Å². The molecule has 128 valence electrons. The second-order valence-corrected chi connectivity index (χ2v) is 6.17. The van der Waals surface area contributed by atoms with Gasteiger partial charge in [0.2, 0.25) is 0 Å². The van der Waals surface area contributed by atoms with Gasteiger partial charge in [0.05, 0.1) is 23.4 Å². The zero-order valence-corrected chi connectivity index (χ0v) is 14.1. The van der Waals surface area contributed by atoms with Gasteiger partial charge in [-0.15, -0.1) is 0 Å². The number of anilines is 1. The summed E-state index contributed by atoms with van der Waals surface area (Å²) in [6, 6.07) is 3.96. The number of hydrogen-bond donors (Lipinski definition) is 1. The molecule has 4 rings (SSSR count). The predicted molar refractivity (Wildman–Crippen MR) is 94.4 cm³/mol. The van der Waals surface area contributed by atoms with Crippen LogP contribution in [0.25, 0.3) is 5.52 Å². The van der Waals surface area contributed by atoms with Crippen LogP contribution in [0.2, 0.25) is 0 Å². The first-order valence-corrected chi connectivity index (χ1v) is 8.50. The van der Waals surface area contributed by atoms with E-state index < -0.39 is 0 Å². The van der Waals surface area contributed by atoms with Gasteiger partial charge in [-0.25, -0.2) is 9.97 Å². The molecule has 25 heavy (non-hydrogen) atoms. The molecule has 0 bridgehead atoms. The summed E-state index contributed by atoms with van der Waals surface area (Å²) in [5.41, 5.74) is 2.30. The minimum absolute atomic E-state index is 0.0536. The van der Waals surface area contributed by atoms with Crippen LogP contribution in [0.1, 0.15) is 41.5 Å². The van der Waals surface area contributed by atoms with E-state index in [1.165, 1.54) is 6.20 Å².